The van der Waals surface area contributed by atoms with Crippen molar-refractivity contribution >= 4 is 21.4 Å². The predicted octanol–water partition coefficient (Wildman–Crippen LogP) is 2.33. The van der Waals surface area contributed by atoms with Crippen LogP contribution in [-0.2, 0) is 16.4 Å². The van der Waals surface area contributed by atoms with Crippen LogP contribution in [-0.4, -0.2) is 36.3 Å². The first kappa shape index (κ1) is 14.6. The molecule has 0 amide bonds. The molecule has 1 atom stereocenters. The highest BCUT2D eigenvalue weighted by Crippen LogP contribution is 2.38. The number of nitrogens with one attached hydrogen (secondary N) is 1. The Hall–Kier alpha value is -1.37. The largest absolute Gasteiger partial charge is 0.294 e. The molecule has 0 fully saturated rings. The smallest absolute Gasteiger partial charge is 0.180 e. The van der Waals surface area contributed by atoms with Gasteiger partial charge >= 0.3 is 0 Å². The fraction of sp³-hybridized carbons (Fsp3) is 0.357. The van der Waals surface area contributed by atoms with Gasteiger partial charge in [-0.3, -0.25) is 10.00 Å². The van der Waals surface area contributed by atoms with Gasteiger partial charge in [0.05, 0.1) is 22.9 Å². The van der Waals surface area contributed by atoms with Crippen LogP contribution in [0.15, 0.2) is 29.3 Å². The van der Waals surface area contributed by atoms with E-state index in [1.807, 2.05) is 18.9 Å². The highest BCUT2D eigenvalue weighted by Gasteiger charge is 2.37. The van der Waals surface area contributed by atoms with E-state index in [2.05, 4.69) is 10.2 Å². The molecule has 0 aliphatic carbocycles. The lowest BCUT2D eigenvalue weighted by molar-refractivity contribution is 0.256. The highest BCUT2D eigenvalue weighted by molar-refractivity contribution is 7.91. The van der Waals surface area contributed by atoms with Gasteiger partial charge in [0, 0.05) is 22.8 Å². The Morgan fingerprint density at radius 1 is 1.48 bits per heavy atom. The topological polar surface area (TPSA) is 66.1 Å². The fourth-order valence-corrected chi connectivity index (χ4v) is 4.77. The number of aromatic amines is 1. The number of hydrogen-bond donors (Lipinski definition) is 1. The zero-order valence-electron chi connectivity index (χ0n) is 11.8. The van der Waals surface area contributed by atoms with Gasteiger partial charge in [0.15, 0.2) is 9.84 Å². The molecule has 1 unspecified atom stereocenters. The molecule has 21 heavy (non-hydrogen) atoms. The fourth-order valence-electron chi connectivity index (χ4n) is 2.73. The van der Waals surface area contributed by atoms with Crippen LogP contribution in [0.5, 0.6) is 0 Å². The Morgan fingerprint density at radius 3 is 2.90 bits per heavy atom. The first-order valence-electron chi connectivity index (χ1n) is 6.60. The number of sulfone groups is 1. The molecule has 1 aliphatic rings. The number of nitrogens with zero attached hydrogens (tertiary/aromatic N) is 2. The lowest BCUT2D eigenvalue weighted by Crippen LogP contribution is -2.25. The summed E-state index contributed by atoms with van der Waals surface area (Å²) >= 11 is 6.03. The van der Waals surface area contributed by atoms with Crippen molar-refractivity contribution in [1.29, 1.82) is 0 Å². The summed E-state index contributed by atoms with van der Waals surface area (Å²) in [6, 6.07) is 4.80. The third-order valence-corrected chi connectivity index (χ3v) is 5.96. The minimum Gasteiger partial charge on any atom is -0.294 e. The summed E-state index contributed by atoms with van der Waals surface area (Å²) in [5, 5.41) is 7.45. The Bertz CT molecular complexity index is 785. The second kappa shape index (κ2) is 5.12. The number of hydrogen-bond acceptors (Lipinski definition) is 4. The van der Waals surface area contributed by atoms with Crippen molar-refractivity contribution in [3.8, 4) is 0 Å². The van der Waals surface area contributed by atoms with Crippen molar-refractivity contribution in [2.75, 3.05) is 12.8 Å². The second-order valence-corrected chi connectivity index (χ2v) is 7.85. The molecule has 0 radical (unpaired) electrons. The molecule has 7 heteroatoms. The molecule has 112 valence electrons. The standard InChI is InChI=1S/C14H16ClN3O2S/c1-9-10(6-16-17-9)7-18(2)13-8-21(19,20)14-4-3-11(15)5-12(13)14/h3-6,13H,7-8H2,1-2H3,(H,16,17). The maximum absolute atomic E-state index is 12.3. The molecule has 0 bridgehead atoms. The van der Waals surface area contributed by atoms with E-state index in [4.69, 9.17) is 11.6 Å². The quantitative estimate of drug-likeness (QED) is 0.940. The molecule has 2 heterocycles. The van der Waals surface area contributed by atoms with E-state index in [0.29, 0.717) is 16.5 Å². The van der Waals surface area contributed by atoms with Gasteiger partial charge in [-0.2, -0.15) is 5.10 Å². The lowest BCUT2D eigenvalue weighted by atomic mass is 10.1. The van der Waals surface area contributed by atoms with Crippen molar-refractivity contribution in [2.45, 2.75) is 24.4 Å². The number of halogens is 1. The zero-order valence-corrected chi connectivity index (χ0v) is 13.4. The van der Waals surface area contributed by atoms with Gasteiger partial charge in [-0.05, 0) is 37.7 Å². The van der Waals surface area contributed by atoms with E-state index in [0.717, 1.165) is 16.8 Å². The SMILES string of the molecule is Cc1[nH]ncc1CN(C)C1CS(=O)(=O)c2ccc(Cl)cc21. The summed E-state index contributed by atoms with van der Waals surface area (Å²) in [7, 11) is -1.31. The summed E-state index contributed by atoms with van der Waals surface area (Å²) in [4.78, 5) is 2.42. The molecule has 3 rings (SSSR count). The average Bonchev–Trinajstić information content (AvgIpc) is 2.92. The molecular weight excluding hydrogens is 310 g/mol. The monoisotopic (exact) mass is 325 g/mol. The van der Waals surface area contributed by atoms with E-state index < -0.39 is 9.84 Å². The summed E-state index contributed by atoms with van der Waals surface area (Å²) in [5.41, 5.74) is 2.84. The van der Waals surface area contributed by atoms with Crippen molar-refractivity contribution in [3.05, 3.63) is 46.2 Å². The molecule has 2 aromatic rings. The summed E-state index contributed by atoms with van der Waals surface area (Å²) in [6.07, 6.45) is 1.77. The van der Waals surface area contributed by atoms with Crippen LogP contribution in [0.1, 0.15) is 22.9 Å². The van der Waals surface area contributed by atoms with E-state index in [1.165, 1.54) is 0 Å². The first-order chi connectivity index (χ1) is 9.88. The molecule has 1 aromatic heterocycles. The summed E-state index contributed by atoms with van der Waals surface area (Å²) < 4.78 is 24.5. The molecule has 0 spiro atoms. The van der Waals surface area contributed by atoms with Gasteiger partial charge in [-0.1, -0.05) is 11.6 Å². The van der Waals surface area contributed by atoms with Gasteiger partial charge < -0.3 is 0 Å². The predicted molar refractivity (Wildman–Crippen MR) is 81.0 cm³/mol. The van der Waals surface area contributed by atoms with Gasteiger partial charge in [-0.25, -0.2) is 8.42 Å². The van der Waals surface area contributed by atoms with Crippen LogP contribution in [0.4, 0.5) is 0 Å². The third-order valence-electron chi connectivity index (χ3n) is 3.93. The van der Waals surface area contributed by atoms with Crippen LogP contribution < -0.4 is 0 Å². The van der Waals surface area contributed by atoms with Crippen LogP contribution in [0, 0.1) is 6.92 Å². The summed E-state index contributed by atoms with van der Waals surface area (Å²) in [6.45, 7) is 2.58. The van der Waals surface area contributed by atoms with Crippen LogP contribution in [0.3, 0.4) is 0 Å². The Labute approximate surface area is 128 Å². The van der Waals surface area contributed by atoms with E-state index in [-0.39, 0.29) is 11.8 Å². The minimum atomic E-state index is -3.23. The van der Waals surface area contributed by atoms with Crippen LogP contribution in [0.25, 0.3) is 0 Å². The molecule has 1 aliphatic heterocycles. The van der Waals surface area contributed by atoms with Crippen LogP contribution >= 0.6 is 11.6 Å². The number of fused-ring (bicyclic) bond motifs is 1. The molecule has 5 nitrogen and oxygen atoms in total. The first-order valence-corrected chi connectivity index (χ1v) is 8.63. The number of rotatable bonds is 3. The number of aromatic nitrogens is 2. The van der Waals surface area contributed by atoms with Gasteiger partial charge in [-0.15, -0.1) is 0 Å². The van der Waals surface area contributed by atoms with Crippen molar-refractivity contribution < 1.29 is 8.42 Å². The molecule has 1 N–H and O–H groups in total. The van der Waals surface area contributed by atoms with Crippen molar-refractivity contribution in [2.24, 2.45) is 0 Å². The maximum atomic E-state index is 12.3. The van der Waals surface area contributed by atoms with Gasteiger partial charge in [0.2, 0.25) is 0 Å². The van der Waals surface area contributed by atoms with Crippen molar-refractivity contribution in [3.63, 3.8) is 0 Å². The van der Waals surface area contributed by atoms with Crippen molar-refractivity contribution in [1.82, 2.24) is 15.1 Å². The molecular formula is C14H16ClN3O2S. The van der Waals surface area contributed by atoms with E-state index >= 15 is 0 Å². The number of benzene rings is 1. The maximum Gasteiger partial charge on any atom is 0.180 e. The normalized spacial score (nSPS) is 19.9. The number of H-pyrrole nitrogens is 1. The number of aryl methyl sites for hydroxylation is 1. The highest BCUT2D eigenvalue weighted by atomic mass is 35.5. The molecule has 0 saturated heterocycles. The van der Waals surface area contributed by atoms with E-state index in [1.54, 1.807) is 24.4 Å². The Morgan fingerprint density at radius 2 is 2.24 bits per heavy atom. The molecule has 0 saturated carbocycles. The average molecular weight is 326 g/mol. The Balaban J connectivity index is 1.94. The lowest BCUT2D eigenvalue weighted by Gasteiger charge is -2.24. The van der Waals surface area contributed by atoms with Gasteiger partial charge in [0.25, 0.3) is 0 Å². The summed E-state index contributed by atoms with van der Waals surface area (Å²) in [5.74, 6) is 0.0933. The van der Waals surface area contributed by atoms with Gasteiger partial charge in [0.1, 0.15) is 0 Å². The minimum absolute atomic E-state index is 0.0933. The second-order valence-electron chi connectivity index (χ2n) is 5.41. The van der Waals surface area contributed by atoms with Crippen LogP contribution in [0.2, 0.25) is 5.02 Å². The third kappa shape index (κ3) is 2.59. The molecule has 1 aromatic carbocycles. The Kier molecular flexibility index (Phi) is 3.55. The van der Waals surface area contributed by atoms with E-state index in [9.17, 15) is 8.42 Å². The zero-order chi connectivity index (χ0) is 15.2.